The van der Waals surface area contributed by atoms with Crippen molar-refractivity contribution in [3.63, 3.8) is 0 Å². The van der Waals surface area contributed by atoms with Crippen LogP contribution in [0.3, 0.4) is 0 Å². The minimum absolute atomic E-state index is 0.0509. The molecule has 0 aliphatic rings. The molecule has 0 heterocycles. The fourth-order valence-electron chi connectivity index (χ4n) is 2.67. The van der Waals surface area contributed by atoms with Crippen molar-refractivity contribution in [1.82, 2.24) is 10.6 Å². The Morgan fingerprint density at radius 3 is 1.36 bits per heavy atom. The molecule has 0 bridgehead atoms. The second kappa shape index (κ2) is 16.3. The average molecular weight is 537 g/mol. The smallest absolute Gasteiger partial charge is 0.408 e. The van der Waals surface area contributed by atoms with E-state index < -0.39 is 36.2 Å². The summed E-state index contributed by atoms with van der Waals surface area (Å²) in [6, 6.07) is 16.2. The van der Waals surface area contributed by atoms with Gasteiger partial charge in [-0.25, -0.2) is 19.2 Å². The lowest BCUT2D eigenvalue weighted by atomic mass is 10.2. The maximum Gasteiger partial charge on any atom is 0.408 e. The van der Waals surface area contributed by atoms with Gasteiger partial charge in [0.25, 0.3) is 0 Å². The maximum absolute atomic E-state index is 12.1. The molecule has 0 saturated carbocycles. The van der Waals surface area contributed by atoms with Crippen LogP contribution in [0, 0.1) is 0 Å². The Morgan fingerprint density at radius 1 is 0.667 bits per heavy atom. The molecule has 0 fully saturated rings. The van der Waals surface area contributed by atoms with Crippen LogP contribution in [-0.2, 0) is 41.8 Å². The van der Waals surface area contributed by atoms with E-state index in [1.54, 1.807) is 24.3 Å². The van der Waals surface area contributed by atoms with Crippen molar-refractivity contribution in [2.75, 3.05) is 25.7 Å². The monoisotopic (exact) mass is 536 g/mol. The van der Waals surface area contributed by atoms with Crippen molar-refractivity contribution in [2.45, 2.75) is 25.3 Å². The van der Waals surface area contributed by atoms with Gasteiger partial charge in [0.2, 0.25) is 0 Å². The highest BCUT2D eigenvalue weighted by Crippen LogP contribution is 2.24. The maximum atomic E-state index is 12.1. The van der Waals surface area contributed by atoms with Crippen LogP contribution in [0.5, 0.6) is 0 Å². The predicted molar refractivity (Wildman–Crippen MR) is 136 cm³/mol. The minimum Gasteiger partial charge on any atom is -0.467 e. The van der Waals surface area contributed by atoms with Gasteiger partial charge in [-0.3, -0.25) is 0 Å². The molecule has 10 nitrogen and oxygen atoms in total. The third kappa shape index (κ3) is 10.9. The van der Waals surface area contributed by atoms with Crippen LogP contribution in [0.25, 0.3) is 0 Å². The predicted octanol–water partition coefficient (Wildman–Crippen LogP) is 3.30. The van der Waals surface area contributed by atoms with Crippen molar-refractivity contribution in [3.8, 4) is 0 Å². The summed E-state index contributed by atoms with van der Waals surface area (Å²) in [5.41, 5.74) is 1.60. The highest BCUT2D eigenvalue weighted by Gasteiger charge is 2.25. The number of carbonyl (C=O) groups excluding carboxylic acids is 4. The first-order valence-electron chi connectivity index (χ1n) is 10.8. The van der Waals surface area contributed by atoms with Gasteiger partial charge >= 0.3 is 24.1 Å². The summed E-state index contributed by atoms with van der Waals surface area (Å²) in [5, 5.41) is 4.95. The fourth-order valence-corrected chi connectivity index (χ4v) is 4.97. The van der Waals surface area contributed by atoms with E-state index in [4.69, 9.17) is 18.9 Å². The molecule has 36 heavy (non-hydrogen) atoms. The van der Waals surface area contributed by atoms with Gasteiger partial charge in [0.05, 0.1) is 14.2 Å². The molecule has 0 aliphatic heterocycles. The lowest BCUT2D eigenvalue weighted by Crippen LogP contribution is -2.44. The fraction of sp³-hybridized carbons (Fsp3) is 0.333. The quantitative estimate of drug-likeness (QED) is 0.170. The van der Waals surface area contributed by atoms with Gasteiger partial charge in [0.1, 0.15) is 25.3 Å². The van der Waals surface area contributed by atoms with E-state index in [0.29, 0.717) is 0 Å². The van der Waals surface area contributed by atoms with Gasteiger partial charge in [-0.1, -0.05) is 82.3 Å². The topological polar surface area (TPSA) is 129 Å². The number of hydrogen-bond donors (Lipinski definition) is 2. The van der Waals surface area contributed by atoms with E-state index >= 15 is 0 Å². The molecular formula is C24H28N2O8S2. The van der Waals surface area contributed by atoms with Crippen molar-refractivity contribution in [2.24, 2.45) is 0 Å². The van der Waals surface area contributed by atoms with Crippen LogP contribution in [0.15, 0.2) is 60.7 Å². The Bertz CT molecular complexity index is 899. The number of carbonyl (C=O) groups is 4. The molecule has 2 N–H and O–H groups in total. The summed E-state index contributed by atoms with van der Waals surface area (Å²) in [7, 11) is 4.82. The standard InChI is InChI=1S/C24H28N2O8S2/c1-31-21(27)19(25-23(29)33-13-17-9-5-3-6-10-17)15-35-36-16-20(22(28)32-2)26-24(30)34-14-18-11-7-4-8-12-18/h3-12,19-20H,13-16H2,1-2H3,(H,25,29)(H,26,30). The zero-order valence-corrected chi connectivity index (χ0v) is 21.5. The van der Waals surface area contributed by atoms with Crippen LogP contribution in [-0.4, -0.2) is 61.9 Å². The molecule has 2 unspecified atom stereocenters. The van der Waals surface area contributed by atoms with Crippen LogP contribution in [0.1, 0.15) is 11.1 Å². The minimum atomic E-state index is -0.976. The van der Waals surface area contributed by atoms with Crippen molar-refractivity contribution in [3.05, 3.63) is 71.8 Å². The van der Waals surface area contributed by atoms with Gasteiger partial charge < -0.3 is 29.6 Å². The van der Waals surface area contributed by atoms with Gasteiger partial charge in [-0.15, -0.1) is 0 Å². The largest absolute Gasteiger partial charge is 0.467 e. The summed E-state index contributed by atoms with van der Waals surface area (Å²) >= 11 is 0. The van der Waals surface area contributed by atoms with E-state index in [1.165, 1.54) is 35.8 Å². The second-order valence-electron chi connectivity index (χ2n) is 7.13. The summed E-state index contributed by atoms with van der Waals surface area (Å²) < 4.78 is 19.8. The van der Waals surface area contributed by atoms with Crippen molar-refractivity contribution >= 4 is 45.7 Å². The summed E-state index contributed by atoms with van der Waals surface area (Å²) in [6.07, 6.45) is -1.54. The third-order valence-corrected chi connectivity index (χ3v) is 6.96. The number of hydrogen-bond acceptors (Lipinski definition) is 10. The Morgan fingerprint density at radius 2 is 1.03 bits per heavy atom. The Labute approximate surface area is 217 Å². The van der Waals surface area contributed by atoms with E-state index in [0.717, 1.165) is 11.1 Å². The van der Waals surface area contributed by atoms with Gasteiger partial charge in [0.15, 0.2) is 0 Å². The zero-order chi connectivity index (χ0) is 26.2. The van der Waals surface area contributed by atoms with Crippen LogP contribution >= 0.6 is 21.6 Å². The first kappa shape index (κ1) is 28.9. The number of nitrogens with one attached hydrogen (secondary N) is 2. The number of rotatable bonds is 13. The van der Waals surface area contributed by atoms with Gasteiger partial charge in [-0.05, 0) is 11.1 Å². The molecule has 0 radical (unpaired) electrons. The highest BCUT2D eigenvalue weighted by molar-refractivity contribution is 8.76. The number of methoxy groups -OCH3 is 2. The lowest BCUT2D eigenvalue weighted by Gasteiger charge is -2.18. The first-order chi connectivity index (χ1) is 17.4. The SMILES string of the molecule is COC(=O)C(CSSCC(NC(=O)OCc1ccccc1)C(=O)OC)NC(=O)OCc1ccccc1. The van der Waals surface area contributed by atoms with Crippen molar-refractivity contribution in [1.29, 1.82) is 0 Å². The van der Waals surface area contributed by atoms with E-state index in [1.807, 2.05) is 36.4 Å². The van der Waals surface area contributed by atoms with Gasteiger partial charge in [0, 0.05) is 11.5 Å². The Balaban J connectivity index is 1.78. The second-order valence-corrected chi connectivity index (χ2v) is 9.68. The molecular weight excluding hydrogens is 508 g/mol. The molecule has 0 spiro atoms. The zero-order valence-electron chi connectivity index (χ0n) is 19.8. The van der Waals surface area contributed by atoms with E-state index in [-0.39, 0.29) is 24.7 Å². The van der Waals surface area contributed by atoms with E-state index in [9.17, 15) is 19.2 Å². The molecule has 0 saturated heterocycles. The van der Waals surface area contributed by atoms with Crippen LogP contribution < -0.4 is 10.6 Å². The molecule has 12 heteroatoms. The average Bonchev–Trinajstić information content (AvgIpc) is 2.91. The number of alkyl carbamates (subject to hydrolysis) is 2. The third-order valence-electron chi connectivity index (χ3n) is 4.53. The van der Waals surface area contributed by atoms with Crippen LogP contribution in [0.2, 0.25) is 0 Å². The van der Waals surface area contributed by atoms with Gasteiger partial charge in [-0.2, -0.15) is 0 Å². The molecule has 2 rings (SSSR count). The molecule has 2 amide bonds. The number of ether oxygens (including phenoxy) is 4. The molecule has 2 atom stereocenters. The Hall–Kier alpha value is -3.38. The summed E-state index contributed by atoms with van der Waals surface area (Å²) in [4.78, 5) is 48.4. The lowest BCUT2D eigenvalue weighted by molar-refractivity contribution is -0.143. The summed E-state index contributed by atoms with van der Waals surface area (Å²) in [6.45, 7) is 0.102. The molecule has 0 aliphatic carbocycles. The molecule has 2 aromatic carbocycles. The number of esters is 2. The number of amides is 2. The first-order valence-corrected chi connectivity index (χ1v) is 13.3. The van der Waals surface area contributed by atoms with E-state index in [2.05, 4.69) is 10.6 Å². The number of benzene rings is 2. The van der Waals surface area contributed by atoms with Crippen LogP contribution in [0.4, 0.5) is 9.59 Å². The molecule has 194 valence electrons. The summed E-state index contributed by atoms with van der Waals surface area (Å²) in [5.74, 6) is -1.03. The highest BCUT2D eigenvalue weighted by atomic mass is 33.1. The van der Waals surface area contributed by atoms with Crippen molar-refractivity contribution < 1.29 is 38.1 Å². The Kier molecular flexibility index (Phi) is 13.1. The molecule has 2 aromatic rings. The molecule has 0 aromatic heterocycles. The normalized spacial score (nSPS) is 11.9.